The van der Waals surface area contributed by atoms with Gasteiger partial charge in [0, 0.05) is 38.4 Å². The number of carboxylic acids is 1. The smallest absolute Gasteiger partial charge is 0.305 e. The van der Waals surface area contributed by atoms with E-state index in [-0.39, 0.29) is 12.3 Å². The minimum absolute atomic E-state index is 0.178. The molecule has 0 bridgehead atoms. The maximum atomic E-state index is 12.7. The van der Waals surface area contributed by atoms with E-state index in [0.29, 0.717) is 11.6 Å². The second kappa shape index (κ2) is 10.6. The van der Waals surface area contributed by atoms with E-state index in [1.54, 1.807) is 12.3 Å². The van der Waals surface area contributed by atoms with Crippen LogP contribution in [-0.4, -0.2) is 72.2 Å². The first-order valence-corrected chi connectivity index (χ1v) is 11.3. The van der Waals surface area contributed by atoms with Crippen LogP contribution in [-0.2, 0) is 4.79 Å². The van der Waals surface area contributed by atoms with Crippen molar-refractivity contribution in [2.24, 2.45) is 0 Å². The predicted octanol–water partition coefficient (Wildman–Crippen LogP) is 1.90. The van der Waals surface area contributed by atoms with Crippen molar-refractivity contribution < 1.29 is 14.7 Å². The fourth-order valence-corrected chi connectivity index (χ4v) is 4.55. The Kier molecular flexibility index (Phi) is 7.34. The molecule has 4 rings (SSSR count). The molecule has 1 atom stereocenters. The molecule has 3 N–H and O–H groups in total. The molecule has 0 radical (unpaired) electrons. The van der Waals surface area contributed by atoms with Crippen LogP contribution in [0.25, 0.3) is 0 Å². The number of rotatable bonds is 7. The number of benzene rings is 1. The summed E-state index contributed by atoms with van der Waals surface area (Å²) in [7, 11) is 0. The van der Waals surface area contributed by atoms with Crippen molar-refractivity contribution in [3.05, 3.63) is 59.8 Å². The summed E-state index contributed by atoms with van der Waals surface area (Å²) in [5.41, 5.74) is 1.19. The number of aliphatic carboxylic acids is 1. The topological polar surface area (TPSA) is 97.8 Å². The highest BCUT2D eigenvalue weighted by molar-refractivity contribution is 5.94. The predicted molar refractivity (Wildman–Crippen MR) is 123 cm³/mol. The standard InChI is InChI=1S/C24H31N5O3/c30-23(31)16-21(18-4-2-1-3-5-18)27-24(32)19-6-7-22(26-17-19)29-14-12-28(13-15-29)20-8-10-25-11-9-20/h1-7,17,20-21,25H,8-16H2,(H,27,32)(H,30,31). The van der Waals surface area contributed by atoms with Gasteiger partial charge >= 0.3 is 5.97 Å². The van der Waals surface area contributed by atoms with Gasteiger partial charge in [-0.1, -0.05) is 30.3 Å². The van der Waals surface area contributed by atoms with Gasteiger partial charge in [0.15, 0.2) is 0 Å². The van der Waals surface area contributed by atoms with Gasteiger partial charge in [0.1, 0.15) is 5.82 Å². The Balaban J connectivity index is 1.34. The lowest BCUT2D eigenvalue weighted by atomic mass is 10.0. The van der Waals surface area contributed by atoms with Gasteiger partial charge in [0.25, 0.3) is 5.91 Å². The molecule has 8 nitrogen and oxygen atoms in total. The average Bonchev–Trinajstić information content (AvgIpc) is 2.84. The van der Waals surface area contributed by atoms with Gasteiger partial charge in [0.05, 0.1) is 18.0 Å². The zero-order valence-corrected chi connectivity index (χ0v) is 18.2. The van der Waals surface area contributed by atoms with E-state index >= 15 is 0 Å². The summed E-state index contributed by atoms with van der Waals surface area (Å²) in [6.45, 7) is 6.13. The summed E-state index contributed by atoms with van der Waals surface area (Å²) in [5, 5.41) is 15.5. The van der Waals surface area contributed by atoms with Gasteiger partial charge < -0.3 is 20.6 Å². The van der Waals surface area contributed by atoms with E-state index in [2.05, 4.69) is 25.4 Å². The van der Waals surface area contributed by atoms with E-state index in [9.17, 15) is 14.7 Å². The zero-order chi connectivity index (χ0) is 22.3. The summed E-state index contributed by atoms with van der Waals surface area (Å²) in [4.78, 5) is 33.4. The molecule has 1 unspecified atom stereocenters. The number of piperidine rings is 1. The first kappa shape index (κ1) is 22.2. The van der Waals surface area contributed by atoms with Crippen molar-refractivity contribution >= 4 is 17.7 Å². The van der Waals surface area contributed by atoms with Gasteiger partial charge in [0.2, 0.25) is 0 Å². The molecule has 1 amide bonds. The molecule has 0 aliphatic carbocycles. The molecule has 2 aliphatic heterocycles. The molecule has 1 aromatic heterocycles. The van der Waals surface area contributed by atoms with Gasteiger partial charge in [-0.05, 0) is 43.6 Å². The van der Waals surface area contributed by atoms with Crippen LogP contribution in [0.5, 0.6) is 0 Å². The fraction of sp³-hybridized carbons (Fsp3) is 0.458. The second-order valence-electron chi connectivity index (χ2n) is 8.44. The van der Waals surface area contributed by atoms with Gasteiger partial charge in [-0.2, -0.15) is 0 Å². The number of nitrogens with one attached hydrogen (secondary N) is 2. The van der Waals surface area contributed by atoms with Crippen LogP contribution in [0.2, 0.25) is 0 Å². The van der Waals surface area contributed by atoms with Crippen LogP contribution in [0.4, 0.5) is 5.82 Å². The number of piperazine rings is 1. The lowest BCUT2D eigenvalue weighted by molar-refractivity contribution is -0.137. The highest BCUT2D eigenvalue weighted by atomic mass is 16.4. The number of pyridine rings is 1. The molecular formula is C24H31N5O3. The third-order valence-electron chi connectivity index (χ3n) is 6.36. The molecule has 170 valence electrons. The van der Waals surface area contributed by atoms with E-state index in [4.69, 9.17) is 0 Å². The maximum Gasteiger partial charge on any atom is 0.305 e. The number of carboxylic acid groups (broad SMARTS) is 1. The normalized spacial score (nSPS) is 18.8. The SMILES string of the molecule is O=C(O)CC(NC(=O)c1ccc(N2CCN(C3CCNCC3)CC2)nc1)c1ccccc1. The highest BCUT2D eigenvalue weighted by Crippen LogP contribution is 2.20. The number of hydrogen-bond donors (Lipinski definition) is 3. The summed E-state index contributed by atoms with van der Waals surface area (Å²) >= 11 is 0. The second-order valence-corrected chi connectivity index (χ2v) is 8.44. The number of nitrogens with zero attached hydrogens (tertiary/aromatic N) is 3. The number of anilines is 1. The quantitative estimate of drug-likeness (QED) is 0.609. The number of aromatic nitrogens is 1. The number of hydrogen-bond acceptors (Lipinski definition) is 6. The average molecular weight is 438 g/mol. The van der Waals surface area contributed by atoms with Gasteiger partial charge in [-0.25, -0.2) is 4.98 Å². The summed E-state index contributed by atoms with van der Waals surface area (Å²) < 4.78 is 0. The van der Waals surface area contributed by atoms with E-state index < -0.39 is 12.0 Å². The van der Waals surface area contributed by atoms with Crippen LogP contribution >= 0.6 is 0 Å². The van der Waals surface area contributed by atoms with Crippen molar-refractivity contribution in [2.75, 3.05) is 44.2 Å². The van der Waals surface area contributed by atoms with E-state index in [0.717, 1.165) is 50.6 Å². The van der Waals surface area contributed by atoms with Crippen LogP contribution in [0.1, 0.15) is 41.2 Å². The minimum atomic E-state index is -0.962. The minimum Gasteiger partial charge on any atom is -0.481 e. The van der Waals surface area contributed by atoms with E-state index in [1.807, 2.05) is 36.4 Å². The van der Waals surface area contributed by atoms with Crippen LogP contribution in [0.15, 0.2) is 48.7 Å². The monoisotopic (exact) mass is 437 g/mol. The molecule has 2 aromatic rings. The third kappa shape index (κ3) is 5.63. The highest BCUT2D eigenvalue weighted by Gasteiger charge is 2.26. The summed E-state index contributed by atoms with van der Waals surface area (Å²) in [6.07, 6.45) is 3.83. The van der Waals surface area contributed by atoms with Crippen molar-refractivity contribution in [3.8, 4) is 0 Å². The number of carbonyl (C=O) groups excluding carboxylic acids is 1. The number of carbonyl (C=O) groups is 2. The van der Waals surface area contributed by atoms with Crippen LogP contribution in [0.3, 0.4) is 0 Å². The molecule has 2 aliphatic rings. The maximum absolute atomic E-state index is 12.7. The summed E-state index contributed by atoms with van der Waals surface area (Å²) in [5.74, 6) is -0.414. The Bertz CT molecular complexity index is 892. The first-order valence-electron chi connectivity index (χ1n) is 11.3. The Morgan fingerprint density at radius 2 is 1.78 bits per heavy atom. The van der Waals surface area contributed by atoms with Gasteiger partial charge in [-0.3, -0.25) is 14.5 Å². The Morgan fingerprint density at radius 3 is 2.41 bits per heavy atom. The lowest BCUT2D eigenvalue weighted by Crippen LogP contribution is -2.53. The molecule has 2 fully saturated rings. The molecule has 32 heavy (non-hydrogen) atoms. The Labute approximate surface area is 188 Å². The van der Waals surface area contributed by atoms with E-state index in [1.165, 1.54) is 12.8 Å². The van der Waals surface area contributed by atoms with Crippen molar-refractivity contribution in [1.82, 2.24) is 20.5 Å². The van der Waals surface area contributed by atoms with Crippen molar-refractivity contribution in [3.63, 3.8) is 0 Å². The molecule has 0 spiro atoms. The lowest BCUT2D eigenvalue weighted by Gasteiger charge is -2.41. The molecule has 2 saturated heterocycles. The molecule has 1 aromatic carbocycles. The number of amides is 1. The first-order chi connectivity index (χ1) is 15.6. The zero-order valence-electron chi connectivity index (χ0n) is 18.2. The third-order valence-corrected chi connectivity index (χ3v) is 6.36. The van der Waals surface area contributed by atoms with Crippen molar-refractivity contribution in [2.45, 2.75) is 31.3 Å². The van der Waals surface area contributed by atoms with Crippen LogP contribution in [0, 0.1) is 0 Å². The fourth-order valence-electron chi connectivity index (χ4n) is 4.55. The molecule has 0 saturated carbocycles. The molecule has 8 heteroatoms. The van der Waals surface area contributed by atoms with Crippen molar-refractivity contribution in [1.29, 1.82) is 0 Å². The molecular weight excluding hydrogens is 406 g/mol. The molecule has 3 heterocycles. The van der Waals surface area contributed by atoms with Crippen LogP contribution < -0.4 is 15.5 Å². The Hall–Kier alpha value is -2.97. The summed E-state index contributed by atoms with van der Waals surface area (Å²) in [6, 6.07) is 12.9. The van der Waals surface area contributed by atoms with Gasteiger partial charge in [-0.15, -0.1) is 0 Å². The largest absolute Gasteiger partial charge is 0.481 e. The Morgan fingerprint density at radius 1 is 1.06 bits per heavy atom.